The molecule has 1 amide bonds. The molecule has 3 nitrogen and oxygen atoms in total. The summed E-state index contributed by atoms with van der Waals surface area (Å²) < 4.78 is 6.74. The van der Waals surface area contributed by atoms with Gasteiger partial charge in [0.05, 0.1) is 3.79 Å². The number of carbonyl (C=O) groups excluding carboxylic acids is 1. The molecule has 5 heteroatoms. The molecule has 1 atom stereocenters. The van der Waals surface area contributed by atoms with Crippen molar-refractivity contribution >= 4 is 33.4 Å². The van der Waals surface area contributed by atoms with E-state index in [0.29, 0.717) is 6.54 Å². The normalized spacial score (nSPS) is 18.3. The van der Waals surface area contributed by atoms with Crippen LogP contribution in [0.15, 0.2) is 9.85 Å². The molecule has 1 heterocycles. The van der Waals surface area contributed by atoms with Gasteiger partial charge in [0.15, 0.2) is 0 Å². The molecule has 2 rings (SSSR count). The second kappa shape index (κ2) is 5.44. The summed E-state index contributed by atoms with van der Waals surface area (Å²) in [5.74, 6) is 0. The topological polar surface area (TPSA) is 29.5 Å². The first kappa shape index (κ1) is 14.9. The molecule has 106 valence electrons. The van der Waals surface area contributed by atoms with E-state index in [1.807, 2.05) is 0 Å². The lowest BCUT2D eigenvalue weighted by Crippen LogP contribution is -2.35. The lowest BCUT2D eigenvalue weighted by molar-refractivity contribution is 0.0615. The highest BCUT2D eigenvalue weighted by atomic mass is 79.9. The van der Waals surface area contributed by atoms with Gasteiger partial charge in [0.25, 0.3) is 0 Å². The molecule has 0 bridgehead atoms. The standard InChI is InChI=1S/C14H20BrNO2S/c1-14(2,3)8-16(4)13(17)18-10-5-6-11-9(10)7-12(15)19-11/h7,10H,5-6,8H2,1-4H3. The SMILES string of the molecule is CN(CC(C)(C)C)C(=O)OC1CCc2sc(Br)cc21. The highest BCUT2D eigenvalue weighted by molar-refractivity contribution is 9.11. The Bertz CT molecular complexity index is 478. The van der Waals surface area contributed by atoms with Crippen molar-refractivity contribution in [2.24, 2.45) is 5.41 Å². The van der Waals surface area contributed by atoms with Crippen LogP contribution in [0.25, 0.3) is 0 Å². The predicted octanol–water partition coefficient (Wildman–Crippen LogP) is 4.61. The van der Waals surface area contributed by atoms with Crippen LogP contribution in [0.3, 0.4) is 0 Å². The lowest BCUT2D eigenvalue weighted by atomic mass is 9.96. The number of thiophene rings is 1. The Kier molecular flexibility index (Phi) is 4.26. The van der Waals surface area contributed by atoms with Crippen molar-refractivity contribution in [3.63, 3.8) is 0 Å². The Morgan fingerprint density at radius 2 is 2.26 bits per heavy atom. The number of hydrogen-bond acceptors (Lipinski definition) is 3. The van der Waals surface area contributed by atoms with Crippen molar-refractivity contribution in [1.82, 2.24) is 4.90 Å². The average molecular weight is 346 g/mol. The maximum absolute atomic E-state index is 12.1. The van der Waals surface area contributed by atoms with Gasteiger partial charge in [0, 0.05) is 24.0 Å². The Morgan fingerprint density at radius 1 is 1.58 bits per heavy atom. The molecule has 0 fully saturated rings. The summed E-state index contributed by atoms with van der Waals surface area (Å²) in [6.07, 6.45) is 1.61. The summed E-state index contributed by atoms with van der Waals surface area (Å²) in [4.78, 5) is 15.1. The third kappa shape index (κ3) is 3.72. The third-order valence-electron chi connectivity index (χ3n) is 3.06. The first-order valence-electron chi connectivity index (χ1n) is 6.46. The minimum atomic E-state index is -0.227. The van der Waals surface area contributed by atoms with Crippen LogP contribution in [0.1, 0.15) is 43.7 Å². The first-order valence-corrected chi connectivity index (χ1v) is 8.07. The summed E-state index contributed by atoms with van der Waals surface area (Å²) in [6.45, 7) is 7.03. The smallest absolute Gasteiger partial charge is 0.410 e. The Hall–Kier alpha value is -0.550. The molecule has 0 saturated heterocycles. The molecular weight excluding hydrogens is 326 g/mol. The molecule has 0 saturated carbocycles. The number of halogens is 1. The van der Waals surface area contributed by atoms with E-state index in [2.05, 4.69) is 42.8 Å². The highest BCUT2D eigenvalue weighted by Gasteiger charge is 2.29. The fraction of sp³-hybridized carbons (Fsp3) is 0.643. The van der Waals surface area contributed by atoms with Crippen LogP contribution in [0, 0.1) is 5.41 Å². The van der Waals surface area contributed by atoms with Crippen LogP contribution in [0.4, 0.5) is 4.79 Å². The van der Waals surface area contributed by atoms with Crippen molar-refractivity contribution in [1.29, 1.82) is 0 Å². The van der Waals surface area contributed by atoms with E-state index in [0.717, 1.165) is 16.6 Å². The molecular formula is C14H20BrNO2S. The maximum atomic E-state index is 12.1. The summed E-state index contributed by atoms with van der Waals surface area (Å²) >= 11 is 5.23. The Balaban J connectivity index is 1.97. The van der Waals surface area contributed by atoms with E-state index in [-0.39, 0.29) is 17.6 Å². The number of hydrogen-bond donors (Lipinski definition) is 0. The zero-order chi connectivity index (χ0) is 14.2. The molecule has 0 N–H and O–H groups in total. The summed E-state index contributed by atoms with van der Waals surface area (Å²) in [5, 5.41) is 0. The van der Waals surface area contributed by atoms with Crippen molar-refractivity contribution in [3.8, 4) is 0 Å². The van der Waals surface area contributed by atoms with E-state index in [1.165, 1.54) is 10.4 Å². The zero-order valence-corrected chi connectivity index (χ0v) is 14.2. The van der Waals surface area contributed by atoms with Gasteiger partial charge in [0.2, 0.25) is 0 Å². The van der Waals surface area contributed by atoms with E-state index in [4.69, 9.17) is 4.74 Å². The predicted molar refractivity (Wildman–Crippen MR) is 81.6 cm³/mol. The molecule has 1 aromatic rings. The van der Waals surface area contributed by atoms with Gasteiger partial charge in [-0.2, -0.15) is 0 Å². The highest BCUT2D eigenvalue weighted by Crippen LogP contribution is 2.41. The molecule has 1 aliphatic carbocycles. The summed E-state index contributed by atoms with van der Waals surface area (Å²) in [7, 11) is 1.80. The van der Waals surface area contributed by atoms with Crippen LogP contribution in [-0.4, -0.2) is 24.6 Å². The van der Waals surface area contributed by atoms with Crippen LogP contribution < -0.4 is 0 Å². The third-order valence-corrected chi connectivity index (χ3v) is 4.77. The molecule has 1 aliphatic rings. The fourth-order valence-corrected chi connectivity index (χ4v) is 4.19. The van der Waals surface area contributed by atoms with Crippen molar-refractivity contribution in [2.45, 2.75) is 39.7 Å². The Morgan fingerprint density at radius 3 is 2.89 bits per heavy atom. The average Bonchev–Trinajstić information content (AvgIpc) is 2.77. The van der Waals surface area contributed by atoms with Gasteiger partial charge in [-0.3, -0.25) is 0 Å². The van der Waals surface area contributed by atoms with Gasteiger partial charge < -0.3 is 9.64 Å². The monoisotopic (exact) mass is 345 g/mol. The second-order valence-electron chi connectivity index (χ2n) is 6.26. The molecule has 19 heavy (non-hydrogen) atoms. The molecule has 0 spiro atoms. The van der Waals surface area contributed by atoms with Gasteiger partial charge in [-0.15, -0.1) is 11.3 Å². The number of amides is 1. The van der Waals surface area contributed by atoms with Crippen LogP contribution in [0.2, 0.25) is 0 Å². The number of nitrogens with zero attached hydrogens (tertiary/aromatic N) is 1. The molecule has 0 radical (unpaired) electrons. The number of aryl methyl sites for hydroxylation is 1. The largest absolute Gasteiger partial charge is 0.441 e. The molecule has 0 aliphatic heterocycles. The van der Waals surface area contributed by atoms with Gasteiger partial charge in [-0.1, -0.05) is 20.8 Å². The second-order valence-corrected chi connectivity index (χ2v) is 8.77. The Labute approximate surface area is 127 Å². The van der Waals surface area contributed by atoms with E-state index < -0.39 is 0 Å². The fourth-order valence-electron chi connectivity index (χ4n) is 2.40. The minimum Gasteiger partial charge on any atom is -0.441 e. The van der Waals surface area contributed by atoms with E-state index in [9.17, 15) is 4.79 Å². The molecule has 1 aromatic heterocycles. The van der Waals surface area contributed by atoms with Crippen LogP contribution in [-0.2, 0) is 11.2 Å². The molecule has 0 aromatic carbocycles. The minimum absolute atomic E-state index is 0.0764. The van der Waals surface area contributed by atoms with Gasteiger partial charge in [0.1, 0.15) is 6.10 Å². The van der Waals surface area contributed by atoms with Gasteiger partial charge >= 0.3 is 6.09 Å². The number of rotatable bonds is 2. The maximum Gasteiger partial charge on any atom is 0.410 e. The van der Waals surface area contributed by atoms with Crippen LogP contribution >= 0.6 is 27.3 Å². The van der Waals surface area contributed by atoms with Gasteiger partial charge in [-0.25, -0.2) is 4.79 Å². The van der Waals surface area contributed by atoms with Crippen molar-refractivity contribution < 1.29 is 9.53 Å². The quantitative estimate of drug-likeness (QED) is 0.782. The number of carbonyl (C=O) groups is 1. The first-order chi connectivity index (χ1) is 8.76. The van der Waals surface area contributed by atoms with E-state index in [1.54, 1.807) is 23.3 Å². The zero-order valence-electron chi connectivity index (χ0n) is 11.8. The summed E-state index contributed by atoms with van der Waals surface area (Å²) in [6, 6.07) is 2.08. The lowest BCUT2D eigenvalue weighted by Gasteiger charge is -2.27. The van der Waals surface area contributed by atoms with Crippen molar-refractivity contribution in [2.75, 3.05) is 13.6 Å². The number of fused-ring (bicyclic) bond motifs is 1. The van der Waals surface area contributed by atoms with Gasteiger partial charge in [-0.05, 0) is 40.3 Å². The van der Waals surface area contributed by atoms with E-state index >= 15 is 0 Å². The summed E-state index contributed by atoms with van der Waals surface area (Å²) in [5.41, 5.74) is 1.26. The van der Waals surface area contributed by atoms with Crippen LogP contribution in [0.5, 0.6) is 0 Å². The molecule has 1 unspecified atom stereocenters. The van der Waals surface area contributed by atoms with Crippen molar-refractivity contribution in [3.05, 3.63) is 20.3 Å². The number of ether oxygens (including phenoxy) is 1.